The minimum absolute atomic E-state index is 0.176. The standard InChI is InChI=1S/C16H15N3O4S/c1-2-6-17-15(21)16-19-11(8-24-16)14(20)18-7-10-4-3-5-12-13(10)23-9-22-12/h2-5,8H,1,6-7,9H2,(H,17,21)(H,18,20). The summed E-state index contributed by atoms with van der Waals surface area (Å²) in [5.41, 5.74) is 1.02. The molecule has 0 atom stereocenters. The molecular formula is C16H15N3O4S. The van der Waals surface area contributed by atoms with Gasteiger partial charge in [0.05, 0.1) is 0 Å². The first-order chi connectivity index (χ1) is 11.7. The summed E-state index contributed by atoms with van der Waals surface area (Å²) < 4.78 is 10.7. The van der Waals surface area contributed by atoms with E-state index < -0.39 is 0 Å². The van der Waals surface area contributed by atoms with Gasteiger partial charge in [0.1, 0.15) is 5.69 Å². The van der Waals surface area contributed by atoms with E-state index >= 15 is 0 Å². The van der Waals surface area contributed by atoms with Crippen LogP contribution >= 0.6 is 11.3 Å². The maximum absolute atomic E-state index is 12.2. The van der Waals surface area contributed by atoms with Crippen LogP contribution in [0.3, 0.4) is 0 Å². The molecule has 7 nitrogen and oxygen atoms in total. The van der Waals surface area contributed by atoms with E-state index in [2.05, 4.69) is 22.2 Å². The van der Waals surface area contributed by atoms with Crippen molar-refractivity contribution in [1.82, 2.24) is 15.6 Å². The predicted octanol–water partition coefficient (Wildman–Crippen LogP) is 1.72. The highest BCUT2D eigenvalue weighted by molar-refractivity contribution is 7.11. The molecule has 0 saturated heterocycles. The number of carbonyl (C=O) groups excluding carboxylic acids is 2. The van der Waals surface area contributed by atoms with Crippen LogP contribution in [0.15, 0.2) is 36.2 Å². The summed E-state index contributed by atoms with van der Waals surface area (Å²) in [6.07, 6.45) is 1.57. The van der Waals surface area contributed by atoms with E-state index in [0.717, 1.165) is 16.9 Å². The summed E-state index contributed by atoms with van der Waals surface area (Å²) in [6.45, 7) is 4.33. The van der Waals surface area contributed by atoms with Crippen molar-refractivity contribution in [1.29, 1.82) is 0 Å². The van der Waals surface area contributed by atoms with Crippen molar-refractivity contribution in [2.24, 2.45) is 0 Å². The van der Waals surface area contributed by atoms with Crippen molar-refractivity contribution in [3.8, 4) is 11.5 Å². The number of ether oxygens (including phenoxy) is 2. The van der Waals surface area contributed by atoms with Crippen LogP contribution in [0.2, 0.25) is 0 Å². The van der Waals surface area contributed by atoms with Crippen LogP contribution in [0.1, 0.15) is 25.9 Å². The minimum atomic E-state index is -0.356. The van der Waals surface area contributed by atoms with Crippen LogP contribution in [0, 0.1) is 0 Å². The molecule has 2 amide bonds. The van der Waals surface area contributed by atoms with E-state index in [9.17, 15) is 9.59 Å². The third-order valence-corrected chi connectivity index (χ3v) is 4.10. The molecule has 24 heavy (non-hydrogen) atoms. The number of thiazole rings is 1. The smallest absolute Gasteiger partial charge is 0.280 e. The Kier molecular flexibility index (Phi) is 4.76. The van der Waals surface area contributed by atoms with Crippen LogP contribution in [0.4, 0.5) is 0 Å². The second-order valence-electron chi connectivity index (χ2n) is 4.87. The van der Waals surface area contributed by atoms with Crippen molar-refractivity contribution in [3.63, 3.8) is 0 Å². The second-order valence-corrected chi connectivity index (χ2v) is 5.73. The Labute approximate surface area is 142 Å². The first kappa shape index (κ1) is 16.0. The lowest BCUT2D eigenvalue weighted by Crippen LogP contribution is -2.25. The highest BCUT2D eigenvalue weighted by Crippen LogP contribution is 2.35. The largest absolute Gasteiger partial charge is 0.454 e. The van der Waals surface area contributed by atoms with Gasteiger partial charge in [0, 0.05) is 24.0 Å². The van der Waals surface area contributed by atoms with Crippen LogP contribution in [-0.2, 0) is 6.54 Å². The van der Waals surface area contributed by atoms with Crippen molar-refractivity contribution in [2.75, 3.05) is 13.3 Å². The van der Waals surface area contributed by atoms with Crippen molar-refractivity contribution in [3.05, 3.63) is 52.5 Å². The summed E-state index contributed by atoms with van der Waals surface area (Å²) in [5.74, 6) is 0.619. The zero-order valence-electron chi connectivity index (χ0n) is 12.7. The number of rotatable bonds is 6. The summed E-state index contributed by atoms with van der Waals surface area (Å²) in [6, 6.07) is 5.49. The number of fused-ring (bicyclic) bond motifs is 1. The lowest BCUT2D eigenvalue weighted by atomic mass is 10.2. The Morgan fingerprint density at radius 3 is 3.00 bits per heavy atom. The molecule has 8 heteroatoms. The SMILES string of the molecule is C=CCNC(=O)c1nc(C(=O)NCc2cccc3c2OCO3)cs1. The summed E-state index contributed by atoms with van der Waals surface area (Å²) in [5, 5.41) is 7.16. The van der Waals surface area contributed by atoms with Gasteiger partial charge in [-0.25, -0.2) is 4.98 Å². The van der Waals surface area contributed by atoms with E-state index in [1.54, 1.807) is 11.5 Å². The number of nitrogens with one attached hydrogen (secondary N) is 2. The normalized spacial score (nSPS) is 11.8. The fourth-order valence-electron chi connectivity index (χ4n) is 2.12. The highest BCUT2D eigenvalue weighted by atomic mass is 32.1. The lowest BCUT2D eigenvalue weighted by Gasteiger charge is -2.06. The van der Waals surface area contributed by atoms with Gasteiger partial charge in [-0.15, -0.1) is 17.9 Å². The monoisotopic (exact) mass is 345 g/mol. The van der Waals surface area contributed by atoms with Crippen LogP contribution in [0.5, 0.6) is 11.5 Å². The number of hydrogen-bond acceptors (Lipinski definition) is 6. The molecule has 0 saturated carbocycles. The van der Waals surface area contributed by atoms with Crippen molar-refractivity contribution < 1.29 is 19.1 Å². The van der Waals surface area contributed by atoms with Crippen LogP contribution < -0.4 is 20.1 Å². The Morgan fingerprint density at radius 1 is 1.29 bits per heavy atom. The second kappa shape index (κ2) is 7.14. The third-order valence-electron chi connectivity index (χ3n) is 3.26. The Hall–Kier alpha value is -2.87. The average Bonchev–Trinajstić information content (AvgIpc) is 3.26. The number of nitrogens with zero attached hydrogens (tertiary/aromatic N) is 1. The number of hydrogen-bond donors (Lipinski definition) is 2. The zero-order valence-corrected chi connectivity index (χ0v) is 13.5. The summed E-state index contributed by atoms with van der Waals surface area (Å²) in [7, 11) is 0. The van der Waals surface area contributed by atoms with Gasteiger partial charge in [-0.05, 0) is 6.07 Å². The van der Waals surface area contributed by atoms with Gasteiger partial charge in [0.2, 0.25) is 6.79 Å². The molecule has 3 rings (SSSR count). The molecule has 1 aliphatic heterocycles. The molecule has 1 aromatic carbocycles. The van der Waals surface area contributed by atoms with E-state index in [1.807, 2.05) is 18.2 Å². The summed E-state index contributed by atoms with van der Waals surface area (Å²) >= 11 is 1.12. The topological polar surface area (TPSA) is 89.6 Å². The molecule has 0 fully saturated rings. The highest BCUT2D eigenvalue weighted by Gasteiger charge is 2.19. The molecule has 0 aliphatic carbocycles. The summed E-state index contributed by atoms with van der Waals surface area (Å²) in [4.78, 5) is 28.0. The molecule has 1 aromatic heterocycles. The van der Waals surface area contributed by atoms with Gasteiger partial charge >= 0.3 is 0 Å². The maximum atomic E-state index is 12.2. The van der Waals surface area contributed by atoms with Gasteiger partial charge in [-0.2, -0.15) is 0 Å². The van der Waals surface area contributed by atoms with Gasteiger partial charge in [0.15, 0.2) is 16.5 Å². The first-order valence-corrected chi connectivity index (χ1v) is 8.07. The molecule has 2 heterocycles. The number of aromatic nitrogens is 1. The van der Waals surface area contributed by atoms with Crippen molar-refractivity contribution >= 4 is 23.2 Å². The molecule has 0 radical (unpaired) electrons. The van der Waals surface area contributed by atoms with Gasteiger partial charge in [-0.3, -0.25) is 9.59 Å². The number of benzene rings is 1. The van der Waals surface area contributed by atoms with Crippen molar-refractivity contribution in [2.45, 2.75) is 6.54 Å². The third kappa shape index (κ3) is 3.38. The molecule has 0 unspecified atom stereocenters. The van der Waals surface area contributed by atoms with Crippen LogP contribution in [-0.4, -0.2) is 30.1 Å². The van der Waals surface area contributed by atoms with E-state index in [0.29, 0.717) is 18.0 Å². The number of para-hydroxylation sites is 1. The molecular weight excluding hydrogens is 330 g/mol. The first-order valence-electron chi connectivity index (χ1n) is 7.19. The van der Waals surface area contributed by atoms with Gasteiger partial charge < -0.3 is 20.1 Å². The predicted molar refractivity (Wildman–Crippen MR) is 88.4 cm³/mol. The Bertz CT molecular complexity index is 787. The fourth-order valence-corrected chi connectivity index (χ4v) is 2.83. The molecule has 1 aliphatic rings. The minimum Gasteiger partial charge on any atom is -0.454 e. The van der Waals surface area contributed by atoms with E-state index in [4.69, 9.17) is 9.47 Å². The Balaban J connectivity index is 1.62. The zero-order chi connectivity index (χ0) is 16.9. The molecule has 0 spiro atoms. The molecule has 0 bridgehead atoms. The Morgan fingerprint density at radius 2 is 2.17 bits per heavy atom. The molecule has 2 N–H and O–H groups in total. The van der Waals surface area contributed by atoms with Crippen LogP contribution in [0.25, 0.3) is 0 Å². The fraction of sp³-hybridized carbons (Fsp3) is 0.188. The quantitative estimate of drug-likeness (QED) is 0.778. The van der Waals surface area contributed by atoms with Gasteiger partial charge in [-0.1, -0.05) is 18.2 Å². The van der Waals surface area contributed by atoms with E-state index in [1.165, 1.54) is 0 Å². The average molecular weight is 345 g/mol. The molecule has 124 valence electrons. The van der Waals surface area contributed by atoms with Gasteiger partial charge in [0.25, 0.3) is 11.8 Å². The maximum Gasteiger partial charge on any atom is 0.280 e. The number of amides is 2. The van der Waals surface area contributed by atoms with E-state index in [-0.39, 0.29) is 35.9 Å². The molecule has 2 aromatic rings. The lowest BCUT2D eigenvalue weighted by molar-refractivity contribution is 0.0946. The number of carbonyl (C=O) groups is 2.